The number of nitrogens with one attached hydrogen (secondary N) is 1. The summed E-state index contributed by atoms with van der Waals surface area (Å²) in [7, 11) is 0. The highest BCUT2D eigenvalue weighted by Gasteiger charge is 2.28. The number of rotatable bonds is 2. The zero-order valence-electron chi connectivity index (χ0n) is 9.24. The van der Waals surface area contributed by atoms with Crippen molar-refractivity contribution in [2.24, 2.45) is 0 Å². The molecule has 2 rings (SSSR count). The van der Waals surface area contributed by atoms with Crippen LogP contribution in [-0.4, -0.2) is 23.1 Å². The van der Waals surface area contributed by atoms with Crippen molar-refractivity contribution in [3.05, 3.63) is 21.9 Å². The summed E-state index contributed by atoms with van der Waals surface area (Å²) >= 11 is 9.02. The number of carbonyl (C=O) groups is 1. The normalized spacial score (nSPS) is 23.7. The van der Waals surface area contributed by atoms with E-state index in [2.05, 4.69) is 26.2 Å². The smallest absolute Gasteiger partial charge is 0.253 e. The molecule has 0 bridgehead atoms. The average molecular weight is 320 g/mol. The van der Waals surface area contributed by atoms with Gasteiger partial charge in [0, 0.05) is 0 Å². The molecule has 1 aliphatic heterocycles. The Kier molecular flexibility index (Phi) is 4.01. The third kappa shape index (κ3) is 3.18. The topological polar surface area (TPSA) is 51.2 Å². The lowest BCUT2D eigenvalue weighted by Crippen LogP contribution is -2.27. The van der Waals surface area contributed by atoms with Gasteiger partial charge in [0.1, 0.15) is 11.3 Å². The lowest BCUT2D eigenvalue weighted by molar-refractivity contribution is -0.126. The van der Waals surface area contributed by atoms with E-state index in [0.717, 1.165) is 12.8 Å². The number of hydrogen-bond donors (Lipinski definition) is 1. The maximum Gasteiger partial charge on any atom is 0.253 e. The van der Waals surface area contributed by atoms with Crippen molar-refractivity contribution in [1.82, 2.24) is 4.98 Å². The molecular weight excluding hydrogens is 307 g/mol. The first kappa shape index (κ1) is 12.8. The minimum absolute atomic E-state index is 0.134. The number of carbonyl (C=O) groups excluding carboxylic acids is 1. The van der Waals surface area contributed by atoms with E-state index in [1.807, 2.05) is 6.92 Å². The molecule has 1 amide bonds. The third-order valence-electron chi connectivity index (χ3n) is 2.59. The van der Waals surface area contributed by atoms with E-state index < -0.39 is 0 Å². The molecule has 1 saturated heterocycles. The molecule has 2 heterocycles. The van der Waals surface area contributed by atoms with Gasteiger partial charge in [-0.25, -0.2) is 4.98 Å². The quantitative estimate of drug-likeness (QED) is 0.853. The zero-order valence-corrected chi connectivity index (χ0v) is 11.6. The van der Waals surface area contributed by atoms with Gasteiger partial charge in [0.2, 0.25) is 0 Å². The predicted molar refractivity (Wildman–Crippen MR) is 69.1 cm³/mol. The average Bonchev–Trinajstić information content (AvgIpc) is 2.70. The second-order valence-corrected chi connectivity index (χ2v) is 5.21. The Hall–Kier alpha value is -0.650. The summed E-state index contributed by atoms with van der Waals surface area (Å²) in [5.41, 5.74) is 0.606. The first-order valence-electron chi connectivity index (χ1n) is 5.33. The van der Waals surface area contributed by atoms with Crippen LogP contribution in [0.2, 0.25) is 5.15 Å². The standard InChI is InChI=1S/C11H12BrClN2O2/c1-6-2-3-9(17-6)11(16)15-7-4-8(12)10(13)14-5-7/h4-6,9H,2-3H2,1H3,(H,15,16). The Morgan fingerprint density at radius 2 is 2.41 bits per heavy atom. The van der Waals surface area contributed by atoms with Gasteiger partial charge >= 0.3 is 0 Å². The molecule has 0 saturated carbocycles. The molecule has 1 N–H and O–H groups in total. The van der Waals surface area contributed by atoms with Crippen molar-refractivity contribution in [3.63, 3.8) is 0 Å². The third-order valence-corrected chi connectivity index (χ3v) is 3.72. The van der Waals surface area contributed by atoms with Gasteiger partial charge in [0.15, 0.2) is 0 Å². The van der Waals surface area contributed by atoms with Gasteiger partial charge in [0.05, 0.1) is 22.5 Å². The molecule has 0 radical (unpaired) electrons. The van der Waals surface area contributed by atoms with Crippen LogP contribution < -0.4 is 5.32 Å². The van der Waals surface area contributed by atoms with Crippen LogP contribution in [0.1, 0.15) is 19.8 Å². The molecule has 0 spiro atoms. The molecule has 0 aromatic carbocycles. The SMILES string of the molecule is CC1CCC(C(=O)Nc2cnc(Cl)c(Br)c2)O1. The Morgan fingerprint density at radius 3 is 3.00 bits per heavy atom. The molecule has 6 heteroatoms. The van der Waals surface area contributed by atoms with Crippen LogP contribution in [0.3, 0.4) is 0 Å². The fourth-order valence-corrected chi connectivity index (χ4v) is 2.16. The molecule has 0 aliphatic carbocycles. The maximum atomic E-state index is 11.8. The van der Waals surface area contributed by atoms with E-state index in [1.54, 1.807) is 6.07 Å². The minimum Gasteiger partial charge on any atom is -0.365 e. The molecule has 1 aromatic heterocycles. The molecule has 92 valence electrons. The molecule has 2 unspecified atom stereocenters. The van der Waals surface area contributed by atoms with Gasteiger partial charge in [-0.2, -0.15) is 0 Å². The zero-order chi connectivity index (χ0) is 12.4. The van der Waals surface area contributed by atoms with Crippen LogP contribution in [0.15, 0.2) is 16.7 Å². The van der Waals surface area contributed by atoms with Crippen molar-refractivity contribution in [3.8, 4) is 0 Å². The lowest BCUT2D eigenvalue weighted by atomic mass is 10.2. The number of nitrogens with zero attached hydrogens (tertiary/aromatic N) is 1. The van der Waals surface area contributed by atoms with Crippen LogP contribution in [-0.2, 0) is 9.53 Å². The molecule has 1 fully saturated rings. The van der Waals surface area contributed by atoms with E-state index in [4.69, 9.17) is 16.3 Å². The molecular formula is C11H12BrClN2O2. The first-order valence-corrected chi connectivity index (χ1v) is 6.50. The van der Waals surface area contributed by atoms with Crippen molar-refractivity contribution in [2.45, 2.75) is 32.0 Å². The van der Waals surface area contributed by atoms with Crippen molar-refractivity contribution >= 4 is 39.1 Å². The van der Waals surface area contributed by atoms with Gasteiger partial charge in [-0.15, -0.1) is 0 Å². The van der Waals surface area contributed by atoms with Gasteiger partial charge in [-0.3, -0.25) is 4.79 Å². The van der Waals surface area contributed by atoms with E-state index in [0.29, 0.717) is 15.3 Å². The predicted octanol–water partition coefficient (Wildman–Crippen LogP) is 3.00. The van der Waals surface area contributed by atoms with Crippen LogP contribution in [0.5, 0.6) is 0 Å². The van der Waals surface area contributed by atoms with Gasteiger partial charge in [-0.05, 0) is 41.8 Å². The van der Waals surface area contributed by atoms with E-state index in [1.165, 1.54) is 6.20 Å². The maximum absolute atomic E-state index is 11.8. The Balaban J connectivity index is 2.00. The number of aromatic nitrogens is 1. The van der Waals surface area contributed by atoms with Crippen LogP contribution in [0, 0.1) is 0 Å². The molecule has 2 atom stereocenters. The summed E-state index contributed by atoms with van der Waals surface area (Å²) in [6.45, 7) is 1.97. The van der Waals surface area contributed by atoms with Crippen LogP contribution in [0.25, 0.3) is 0 Å². The highest BCUT2D eigenvalue weighted by Crippen LogP contribution is 2.24. The summed E-state index contributed by atoms with van der Waals surface area (Å²) in [6, 6.07) is 1.71. The molecule has 1 aromatic rings. The number of hydrogen-bond acceptors (Lipinski definition) is 3. The van der Waals surface area contributed by atoms with Crippen LogP contribution in [0.4, 0.5) is 5.69 Å². The van der Waals surface area contributed by atoms with E-state index in [9.17, 15) is 4.79 Å². The van der Waals surface area contributed by atoms with E-state index >= 15 is 0 Å². The summed E-state index contributed by atoms with van der Waals surface area (Å²) < 4.78 is 6.13. The minimum atomic E-state index is -0.362. The summed E-state index contributed by atoms with van der Waals surface area (Å²) in [5.74, 6) is -0.134. The van der Waals surface area contributed by atoms with Gasteiger partial charge in [0.25, 0.3) is 5.91 Å². The monoisotopic (exact) mass is 318 g/mol. The number of ether oxygens (including phenoxy) is 1. The first-order chi connectivity index (χ1) is 8.06. The fraction of sp³-hybridized carbons (Fsp3) is 0.455. The van der Waals surface area contributed by atoms with Gasteiger partial charge < -0.3 is 10.1 Å². The van der Waals surface area contributed by atoms with Crippen molar-refractivity contribution in [2.75, 3.05) is 5.32 Å². The molecule has 4 nitrogen and oxygen atoms in total. The highest BCUT2D eigenvalue weighted by atomic mass is 79.9. The van der Waals surface area contributed by atoms with E-state index in [-0.39, 0.29) is 18.1 Å². The second kappa shape index (κ2) is 5.33. The molecule has 17 heavy (non-hydrogen) atoms. The number of pyridine rings is 1. The molecule has 1 aliphatic rings. The second-order valence-electron chi connectivity index (χ2n) is 4.00. The number of anilines is 1. The summed E-state index contributed by atoms with van der Waals surface area (Å²) in [6.07, 6.45) is 2.99. The highest BCUT2D eigenvalue weighted by molar-refractivity contribution is 9.10. The summed E-state index contributed by atoms with van der Waals surface area (Å²) in [4.78, 5) is 15.8. The largest absolute Gasteiger partial charge is 0.365 e. The fourth-order valence-electron chi connectivity index (χ4n) is 1.71. The Labute approximate surface area is 113 Å². The number of amides is 1. The van der Waals surface area contributed by atoms with Gasteiger partial charge in [-0.1, -0.05) is 11.6 Å². The van der Waals surface area contributed by atoms with Crippen molar-refractivity contribution in [1.29, 1.82) is 0 Å². The lowest BCUT2D eigenvalue weighted by Gasteiger charge is -2.11. The summed E-state index contributed by atoms with van der Waals surface area (Å²) in [5, 5.41) is 3.13. The Morgan fingerprint density at radius 1 is 1.65 bits per heavy atom. The Bertz CT molecular complexity index is 441. The van der Waals surface area contributed by atoms with Crippen LogP contribution >= 0.6 is 27.5 Å². The van der Waals surface area contributed by atoms with Crippen molar-refractivity contribution < 1.29 is 9.53 Å². The number of halogens is 2.